The van der Waals surface area contributed by atoms with Crippen LogP contribution in [0.3, 0.4) is 0 Å². The zero-order chi connectivity index (χ0) is 21.1. The molecule has 7 nitrogen and oxygen atoms in total. The quantitative estimate of drug-likeness (QED) is 0.413. The number of hydrogen-bond acceptors (Lipinski definition) is 7. The minimum atomic E-state index is -4.43. The number of aromatic nitrogens is 6. The third kappa shape index (κ3) is 4.67. The molecule has 0 amide bonds. The highest BCUT2D eigenvalue weighted by atomic mass is 32.2. The lowest BCUT2D eigenvalue weighted by Crippen LogP contribution is -2.19. The first-order valence-electron chi connectivity index (χ1n) is 8.82. The van der Waals surface area contributed by atoms with E-state index in [0.717, 1.165) is 27.5 Å². The van der Waals surface area contributed by atoms with Crippen LogP contribution in [0.25, 0.3) is 22.8 Å². The molecule has 0 spiro atoms. The van der Waals surface area contributed by atoms with Crippen molar-refractivity contribution in [1.29, 1.82) is 0 Å². The Morgan fingerprint density at radius 2 is 1.87 bits per heavy atom. The number of pyridine rings is 1. The van der Waals surface area contributed by atoms with Crippen molar-refractivity contribution in [3.05, 3.63) is 60.2 Å². The Kier molecular flexibility index (Phi) is 5.53. The summed E-state index contributed by atoms with van der Waals surface area (Å²) in [6.07, 6.45) is -1.46. The van der Waals surface area contributed by atoms with Crippen LogP contribution in [0.4, 0.5) is 13.2 Å². The fourth-order valence-corrected chi connectivity index (χ4v) is 3.55. The number of benzene rings is 1. The predicted octanol–water partition coefficient (Wildman–Crippen LogP) is 4.55. The summed E-state index contributed by atoms with van der Waals surface area (Å²) in [7, 11) is 0. The van der Waals surface area contributed by atoms with Crippen LogP contribution in [0.1, 0.15) is 11.5 Å². The van der Waals surface area contributed by atoms with E-state index in [0.29, 0.717) is 11.4 Å². The molecule has 0 saturated heterocycles. The predicted molar refractivity (Wildman–Crippen MR) is 103 cm³/mol. The van der Waals surface area contributed by atoms with Gasteiger partial charge in [0.05, 0.1) is 5.75 Å². The van der Waals surface area contributed by atoms with Crippen molar-refractivity contribution in [2.45, 2.75) is 30.6 Å². The third-order valence-corrected chi connectivity index (χ3v) is 5.01. The van der Waals surface area contributed by atoms with Gasteiger partial charge in [-0.3, -0.25) is 9.55 Å². The molecule has 0 radical (unpaired) electrons. The summed E-state index contributed by atoms with van der Waals surface area (Å²) in [6, 6.07) is 10.8. The van der Waals surface area contributed by atoms with Crippen molar-refractivity contribution >= 4 is 11.8 Å². The molecule has 154 valence electrons. The van der Waals surface area contributed by atoms with Crippen molar-refractivity contribution in [2.75, 3.05) is 0 Å². The topological polar surface area (TPSA) is 82.5 Å². The van der Waals surface area contributed by atoms with E-state index in [1.807, 2.05) is 31.2 Å². The van der Waals surface area contributed by atoms with Crippen molar-refractivity contribution in [3.8, 4) is 22.8 Å². The Balaban J connectivity index is 1.56. The van der Waals surface area contributed by atoms with Gasteiger partial charge in [-0.25, -0.2) is 0 Å². The summed E-state index contributed by atoms with van der Waals surface area (Å²) in [5.41, 5.74) is 2.35. The Hall–Kier alpha value is -3.21. The molecule has 0 aliphatic carbocycles. The fraction of sp³-hybridized carbons (Fsp3) is 0.211. The number of rotatable bonds is 6. The van der Waals surface area contributed by atoms with Gasteiger partial charge in [-0.2, -0.15) is 18.2 Å². The van der Waals surface area contributed by atoms with Gasteiger partial charge in [0.2, 0.25) is 11.7 Å². The maximum Gasteiger partial charge on any atom is 0.406 e. The Labute approximate surface area is 173 Å². The molecule has 4 rings (SSSR count). The molecular formula is C19H15F3N6OS. The second-order valence-corrected chi connectivity index (χ2v) is 7.36. The van der Waals surface area contributed by atoms with Crippen molar-refractivity contribution in [2.24, 2.45) is 0 Å². The number of thioether (sulfide) groups is 1. The minimum Gasteiger partial charge on any atom is -0.338 e. The summed E-state index contributed by atoms with van der Waals surface area (Å²) < 4.78 is 45.7. The average Bonchev–Trinajstić information content (AvgIpc) is 3.33. The van der Waals surface area contributed by atoms with E-state index in [1.54, 1.807) is 12.1 Å². The van der Waals surface area contributed by atoms with E-state index in [4.69, 9.17) is 4.52 Å². The molecule has 0 N–H and O–H groups in total. The lowest BCUT2D eigenvalue weighted by molar-refractivity contribution is -0.141. The maximum atomic E-state index is 13.1. The van der Waals surface area contributed by atoms with Crippen molar-refractivity contribution < 1.29 is 17.7 Å². The lowest BCUT2D eigenvalue weighted by atomic mass is 10.1. The smallest absolute Gasteiger partial charge is 0.338 e. The van der Waals surface area contributed by atoms with Gasteiger partial charge in [0, 0.05) is 23.5 Å². The molecular weight excluding hydrogens is 417 g/mol. The van der Waals surface area contributed by atoms with Gasteiger partial charge in [0.25, 0.3) is 0 Å². The average molecular weight is 432 g/mol. The standard InChI is InChI=1S/C19H15F3N6OS/c1-12-3-2-4-14(9-12)16-24-15(29-27-16)10-30-18-26-25-17(13-5-7-23-8-6-13)28(18)11-19(20,21)22/h2-9H,10-11H2,1H3. The molecule has 1 aromatic carbocycles. The molecule has 3 aromatic heterocycles. The van der Waals surface area contributed by atoms with E-state index >= 15 is 0 Å². The molecule has 4 aromatic rings. The van der Waals surface area contributed by atoms with Gasteiger partial charge >= 0.3 is 6.18 Å². The molecule has 0 fully saturated rings. The van der Waals surface area contributed by atoms with E-state index in [2.05, 4.69) is 25.3 Å². The van der Waals surface area contributed by atoms with E-state index in [9.17, 15) is 13.2 Å². The summed E-state index contributed by atoms with van der Waals surface area (Å²) in [5.74, 6) is 0.973. The van der Waals surface area contributed by atoms with Crippen LogP contribution in [0.2, 0.25) is 0 Å². The van der Waals surface area contributed by atoms with Gasteiger partial charge < -0.3 is 4.52 Å². The largest absolute Gasteiger partial charge is 0.406 e. The molecule has 0 bridgehead atoms. The first kappa shape index (κ1) is 20.1. The van der Waals surface area contributed by atoms with Crippen LogP contribution in [0.5, 0.6) is 0 Å². The van der Waals surface area contributed by atoms with Crippen molar-refractivity contribution in [1.82, 2.24) is 29.9 Å². The molecule has 3 heterocycles. The molecule has 0 atom stereocenters. The normalized spacial score (nSPS) is 11.7. The van der Waals surface area contributed by atoms with Crippen LogP contribution in [0.15, 0.2) is 58.5 Å². The molecule has 0 aliphatic rings. The molecule has 30 heavy (non-hydrogen) atoms. The lowest BCUT2D eigenvalue weighted by Gasteiger charge is -2.12. The number of alkyl halides is 3. The van der Waals surface area contributed by atoms with Crippen LogP contribution < -0.4 is 0 Å². The Morgan fingerprint density at radius 1 is 1.07 bits per heavy atom. The Bertz CT molecular complexity index is 1140. The molecule has 0 saturated carbocycles. The highest BCUT2D eigenvalue weighted by molar-refractivity contribution is 7.98. The van der Waals surface area contributed by atoms with Gasteiger partial charge in [0.1, 0.15) is 6.54 Å². The summed E-state index contributed by atoms with van der Waals surface area (Å²) in [5, 5.41) is 11.9. The fourth-order valence-electron chi connectivity index (χ4n) is 2.77. The van der Waals surface area contributed by atoms with Gasteiger partial charge in [-0.05, 0) is 25.1 Å². The molecule has 0 unspecified atom stereocenters. The summed E-state index contributed by atoms with van der Waals surface area (Å²) in [4.78, 5) is 8.20. The van der Waals surface area contributed by atoms with Gasteiger partial charge in [-0.1, -0.05) is 40.7 Å². The van der Waals surface area contributed by atoms with Crippen LogP contribution in [-0.2, 0) is 12.3 Å². The van der Waals surface area contributed by atoms with Crippen LogP contribution in [0, 0.1) is 6.92 Å². The third-order valence-electron chi connectivity index (χ3n) is 4.06. The maximum absolute atomic E-state index is 13.1. The minimum absolute atomic E-state index is 0.106. The zero-order valence-corrected chi connectivity index (χ0v) is 16.5. The van der Waals surface area contributed by atoms with E-state index in [-0.39, 0.29) is 22.6 Å². The second-order valence-electron chi connectivity index (χ2n) is 6.41. The first-order valence-corrected chi connectivity index (χ1v) is 9.80. The first-order chi connectivity index (χ1) is 14.4. The zero-order valence-electron chi connectivity index (χ0n) is 15.7. The SMILES string of the molecule is Cc1cccc(-c2noc(CSc3nnc(-c4ccncc4)n3CC(F)(F)F)n2)c1. The molecule has 11 heteroatoms. The van der Waals surface area contributed by atoms with Crippen molar-refractivity contribution in [3.63, 3.8) is 0 Å². The van der Waals surface area contributed by atoms with Gasteiger partial charge in [0.15, 0.2) is 11.0 Å². The number of halogens is 3. The molecule has 0 aliphatic heterocycles. The van der Waals surface area contributed by atoms with E-state index in [1.165, 1.54) is 12.4 Å². The number of hydrogen-bond donors (Lipinski definition) is 0. The highest BCUT2D eigenvalue weighted by Gasteiger charge is 2.31. The summed E-state index contributed by atoms with van der Waals surface area (Å²) >= 11 is 1.05. The second kappa shape index (κ2) is 8.27. The monoisotopic (exact) mass is 432 g/mol. The van der Waals surface area contributed by atoms with E-state index < -0.39 is 12.7 Å². The number of nitrogens with zero attached hydrogens (tertiary/aromatic N) is 6. The Morgan fingerprint density at radius 3 is 2.60 bits per heavy atom. The van der Waals surface area contributed by atoms with Crippen LogP contribution in [-0.4, -0.2) is 36.1 Å². The number of aryl methyl sites for hydroxylation is 1. The highest BCUT2D eigenvalue weighted by Crippen LogP contribution is 2.30. The summed E-state index contributed by atoms with van der Waals surface area (Å²) in [6.45, 7) is 0.743. The van der Waals surface area contributed by atoms with Crippen LogP contribution >= 0.6 is 11.8 Å². The van der Waals surface area contributed by atoms with Gasteiger partial charge in [-0.15, -0.1) is 10.2 Å².